The van der Waals surface area contributed by atoms with Crippen molar-refractivity contribution < 1.29 is 0 Å². The van der Waals surface area contributed by atoms with Crippen molar-refractivity contribution in [1.29, 1.82) is 0 Å². The van der Waals surface area contributed by atoms with Crippen LogP contribution in [0.4, 0.5) is 0 Å². The number of hydrogen-bond donors (Lipinski definition) is 0. The Morgan fingerprint density at radius 2 is 2.00 bits per heavy atom. The van der Waals surface area contributed by atoms with E-state index in [1.54, 1.807) is 0 Å². The summed E-state index contributed by atoms with van der Waals surface area (Å²) in [7, 11) is 0. The van der Waals surface area contributed by atoms with E-state index >= 15 is 0 Å². The molecule has 1 atom stereocenters. The molecule has 1 aliphatic carbocycles. The van der Waals surface area contributed by atoms with Crippen LogP contribution in [0, 0.1) is 11.3 Å². The molecule has 0 saturated carbocycles. The van der Waals surface area contributed by atoms with Crippen LogP contribution in [-0.2, 0) is 0 Å². The zero-order valence-electron chi connectivity index (χ0n) is 9.22. The predicted octanol–water partition coefficient (Wildman–Crippen LogP) is 4.11. The van der Waals surface area contributed by atoms with Crippen LogP contribution in [0.15, 0.2) is 36.0 Å². The average molecular weight is 176 g/mol. The van der Waals surface area contributed by atoms with E-state index in [-0.39, 0.29) is 5.41 Å². The van der Waals surface area contributed by atoms with Crippen LogP contribution in [0.25, 0.3) is 0 Å². The van der Waals surface area contributed by atoms with Gasteiger partial charge in [0.25, 0.3) is 0 Å². The summed E-state index contributed by atoms with van der Waals surface area (Å²) in [6, 6.07) is 0. The van der Waals surface area contributed by atoms with E-state index in [0.29, 0.717) is 5.92 Å². The van der Waals surface area contributed by atoms with Crippen molar-refractivity contribution >= 4 is 0 Å². The first-order valence-electron chi connectivity index (χ1n) is 4.97. The van der Waals surface area contributed by atoms with Gasteiger partial charge in [-0.05, 0) is 30.3 Å². The van der Waals surface area contributed by atoms with Gasteiger partial charge >= 0.3 is 0 Å². The van der Waals surface area contributed by atoms with Crippen LogP contribution >= 0.6 is 0 Å². The van der Waals surface area contributed by atoms with E-state index in [0.717, 1.165) is 6.42 Å². The SMILES string of the molecule is C=CCC1C=C(C)C(C(C)(C)C)=C1. The summed E-state index contributed by atoms with van der Waals surface area (Å²) in [6.07, 6.45) is 7.80. The van der Waals surface area contributed by atoms with Crippen LogP contribution in [0.2, 0.25) is 0 Å². The van der Waals surface area contributed by atoms with Crippen molar-refractivity contribution in [1.82, 2.24) is 0 Å². The molecule has 0 saturated heterocycles. The third kappa shape index (κ3) is 2.33. The van der Waals surface area contributed by atoms with Crippen LogP contribution in [0.5, 0.6) is 0 Å². The quantitative estimate of drug-likeness (QED) is 0.555. The standard InChI is InChI=1S/C13H20/c1-6-7-11-8-10(2)12(9-11)13(3,4)5/h6,8-9,11H,1,7H2,2-5H3. The largest absolute Gasteiger partial charge is 0.103 e. The number of allylic oxidation sites excluding steroid dienone is 5. The second-order valence-electron chi connectivity index (χ2n) is 4.87. The molecule has 1 unspecified atom stereocenters. The Kier molecular flexibility index (Phi) is 2.80. The molecule has 0 spiro atoms. The maximum atomic E-state index is 3.78. The fourth-order valence-electron chi connectivity index (χ4n) is 1.97. The molecule has 72 valence electrons. The minimum Gasteiger partial charge on any atom is -0.103 e. The lowest BCUT2D eigenvalue weighted by Gasteiger charge is -2.21. The van der Waals surface area contributed by atoms with Crippen LogP contribution in [0.1, 0.15) is 34.1 Å². The topological polar surface area (TPSA) is 0 Å². The highest BCUT2D eigenvalue weighted by Gasteiger charge is 2.23. The fraction of sp³-hybridized carbons (Fsp3) is 0.538. The molecular weight excluding hydrogens is 156 g/mol. The molecule has 0 amide bonds. The maximum absolute atomic E-state index is 3.78. The maximum Gasteiger partial charge on any atom is -0.000713 e. The zero-order valence-corrected chi connectivity index (χ0v) is 9.22. The first kappa shape index (κ1) is 10.3. The summed E-state index contributed by atoms with van der Waals surface area (Å²) in [4.78, 5) is 0. The van der Waals surface area contributed by atoms with Crippen LogP contribution in [0.3, 0.4) is 0 Å². The van der Waals surface area contributed by atoms with Crippen molar-refractivity contribution in [3.05, 3.63) is 36.0 Å². The van der Waals surface area contributed by atoms with E-state index in [4.69, 9.17) is 0 Å². The van der Waals surface area contributed by atoms with Gasteiger partial charge in [0, 0.05) is 0 Å². The molecule has 0 heterocycles. The summed E-state index contributed by atoms with van der Waals surface area (Å²) in [5, 5.41) is 0. The smallest absolute Gasteiger partial charge is 0.000713 e. The molecule has 1 aliphatic rings. The lowest BCUT2D eigenvalue weighted by Crippen LogP contribution is -2.08. The van der Waals surface area contributed by atoms with Gasteiger partial charge in [-0.1, -0.05) is 44.6 Å². The molecule has 0 N–H and O–H groups in total. The van der Waals surface area contributed by atoms with E-state index in [1.807, 2.05) is 6.08 Å². The Hall–Kier alpha value is -0.780. The highest BCUT2D eigenvalue weighted by atomic mass is 14.3. The average Bonchev–Trinajstić information content (AvgIpc) is 2.30. The van der Waals surface area contributed by atoms with Gasteiger partial charge in [0.1, 0.15) is 0 Å². The minimum absolute atomic E-state index is 0.288. The fourth-order valence-corrected chi connectivity index (χ4v) is 1.97. The van der Waals surface area contributed by atoms with Gasteiger partial charge in [0.05, 0.1) is 0 Å². The van der Waals surface area contributed by atoms with Gasteiger partial charge in [0.2, 0.25) is 0 Å². The van der Waals surface area contributed by atoms with Gasteiger partial charge in [-0.15, -0.1) is 6.58 Å². The summed E-state index contributed by atoms with van der Waals surface area (Å²) in [6.45, 7) is 12.8. The van der Waals surface area contributed by atoms with Crippen LogP contribution < -0.4 is 0 Å². The monoisotopic (exact) mass is 176 g/mol. The van der Waals surface area contributed by atoms with Gasteiger partial charge in [-0.25, -0.2) is 0 Å². The second-order valence-corrected chi connectivity index (χ2v) is 4.87. The van der Waals surface area contributed by atoms with Crippen molar-refractivity contribution in [3.63, 3.8) is 0 Å². The lowest BCUT2D eigenvalue weighted by atomic mass is 9.84. The molecular formula is C13H20. The molecule has 0 fully saturated rings. The molecule has 0 radical (unpaired) electrons. The molecule has 13 heavy (non-hydrogen) atoms. The number of hydrogen-bond acceptors (Lipinski definition) is 0. The molecule has 0 aromatic rings. The van der Waals surface area contributed by atoms with Gasteiger partial charge < -0.3 is 0 Å². The Morgan fingerprint density at radius 1 is 1.38 bits per heavy atom. The van der Waals surface area contributed by atoms with E-state index in [2.05, 4.69) is 46.4 Å². The lowest BCUT2D eigenvalue weighted by molar-refractivity contribution is 0.510. The van der Waals surface area contributed by atoms with E-state index in [9.17, 15) is 0 Å². The molecule has 0 nitrogen and oxygen atoms in total. The summed E-state index contributed by atoms with van der Waals surface area (Å²) >= 11 is 0. The third-order valence-corrected chi connectivity index (χ3v) is 2.52. The Bertz CT molecular complexity index is 258. The van der Waals surface area contributed by atoms with Gasteiger partial charge in [-0.3, -0.25) is 0 Å². The van der Waals surface area contributed by atoms with E-state index in [1.165, 1.54) is 11.1 Å². The Morgan fingerprint density at radius 3 is 2.38 bits per heavy atom. The highest BCUT2D eigenvalue weighted by molar-refractivity contribution is 5.41. The molecule has 0 bridgehead atoms. The highest BCUT2D eigenvalue weighted by Crippen LogP contribution is 2.37. The summed E-state index contributed by atoms with van der Waals surface area (Å²) in [5.74, 6) is 0.590. The van der Waals surface area contributed by atoms with E-state index < -0.39 is 0 Å². The Balaban J connectivity index is 2.84. The van der Waals surface area contributed by atoms with Crippen molar-refractivity contribution in [2.75, 3.05) is 0 Å². The van der Waals surface area contributed by atoms with Crippen molar-refractivity contribution in [3.8, 4) is 0 Å². The van der Waals surface area contributed by atoms with Crippen molar-refractivity contribution in [2.45, 2.75) is 34.1 Å². The third-order valence-electron chi connectivity index (χ3n) is 2.52. The molecule has 0 aromatic heterocycles. The molecule has 0 heteroatoms. The van der Waals surface area contributed by atoms with Crippen LogP contribution in [-0.4, -0.2) is 0 Å². The molecule has 0 aliphatic heterocycles. The first-order chi connectivity index (χ1) is 5.95. The summed E-state index contributed by atoms with van der Waals surface area (Å²) in [5.41, 5.74) is 3.23. The van der Waals surface area contributed by atoms with Gasteiger partial charge in [0.15, 0.2) is 0 Å². The minimum atomic E-state index is 0.288. The first-order valence-corrected chi connectivity index (χ1v) is 4.97. The number of rotatable bonds is 2. The zero-order chi connectivity index (χ0) is 10.1. The second kappa shape index (κ2) is 3.53. The Labute approximate surface area is 82.0 Å². The predicted molar refractivity (Wildman–Crippen MR) is 59.6 cm³/mol. The molecule has 1 rings (SSSR count). The normalized spacial score (nSPS) is 22.6. The molecule has 0 aromatic carbocycles. The van der Waals surface area contributed by atoms with Gasteiger partial charge in [-0.2, -0.15) is 0 Å². The van der Waals surface area contributed by atoms with Crippen molar-refractivity contribution in [2.24, 2.45) is 11.3 Å². The summed E-state index contributed by atoms with van der Waals surface area (Å²) < 4.78 is 0.